The van der Waals surface area contributed by atoms with Crippen LogP contribution in [0.4, 0.5) is 5.69 Å². The van der Waals surface area contributed by atoms with Crippen molar-refractivity contribution in [2.24, 2.45) is 0 Å². The van der Waals surface area contributed by atoms with E-state index < -0.39 is 0 Å². The molecule has 0 saturated heterocycles. The van der Waals surface area contributed by atoms with E-state index in [9.17, 15) is 4.79 Å². The first kappa shape index (κ1) is 14.1. The van der Waals surface area contributed by atoms with Crippen molar-refractivity contribution >= 4 is 27.5 Å². The molecule has 6 heteroatoms. The molecule has 2 heterocycles. The molecule has 0 fully saturated rings. The minimum absolute atomic E-state index is 0.115. The van der Waals surface area contributed by atoms with Crippen LogP contribution in [0.25, 0.3) is 5.69 Å². The Labute approximate surface area is 141 Å². The van der Waals surface area contributed by atoms with Crippen molar-refractivity contribution < 1.29 is 4.79 Å². The van der Waals surface area contributed by atoms with E-state index in [1.54, 1.807) is 15.8 Å². The van der Waals surface area contributed by atoms with E-state index in [0.717, 1.165) is 22.3 Å². The number of hydrogen-bond acceptors (Lipinski definition) is 3. The fraction of sp³-hybridized carbons (Fsp3) is 0.118. The van der Waals surface area contributed by atoms with Crippen molar-refractivity contribution in [3.05, 3.63) is 70.5 Å². The summed E-state index contributed by atoms with van der Waals surface area (Å²) in [7, 11) is 0. The van der Waals surface area contributed by atoms with Crippen molar-refractivity contribution in [1.82, 2.24) is 15.0 Å². The molecule has 2 aromatic carbocycles. The Balaban J connectivity index is 1.64. The van der Waals surface area contributed by atoms with Crippen molar-refractivity contribution in [1.29, 1.82) is 0 Å². The molecule has 4 rings (SSSR count). The van der Waals surface area contributed by atoms with Gasteiger partial charge in [-0.3, -0.25) is 4.79 Å². The molecule has 0 saturated carbocycles. The van der Waals surface area contributed by atoms with Gasteiger partial charge in [-0.25, -0.2) is 4.68 Å². The van der Waals surface area contributed by atoms with Crippen LogP contribution in [-0.4, -0.2) is 27.4 Å². The number of para-hydroxylation sites is 1. The summed E-state index contributed by atoms with van der Waals surface area (Å²) >= 11 is 3.43. The number of hydrogen-bond donors (Lipinski definition) is 0. The lowest BCUT2D eigenvalue weighted by Gasteiger charge is -2.15. The number of carbonyl (C=O) groups is 1. The van der Waals surface area contributed by atoms with Crippen LogP contribution in [0, 0.1) is 0 Å². The van der Waals surface area contributed by atoms with Gasteiger partial charge in [0.05, 0.1) is 11.9 Å². The van der Waals surface area contributed by atoms with Crippen LogP contribution in [-0.2, 0) is 6.42 Å². The molecule has 23 heavy (non-hydrogen) atoms. The highest BCUT2D eigenvalue weighted by Crippen LogP contribution is 2.28. The number of fused-ring (bicyclic) bond motifs is 1. The van der Waals surface area contributed by atoms with Crippen molar-refractivity contribution in [3.63, 3.8) is 0 Å². The van der Waals surface area contributed by atoms with Gasteiger partial charge in [0.15, 0.2) is 5.69 Å². The zero-order valence-corrected chi connectivity index (χ0v) is 13.8. The predicted molar refractivity (Wildman–Crippen MR) is 90.9 cm³/mol. The third-order valence-electron chi connectivity index (χ3n) is 3.92. The monoisotopic (exact) mass is 368 g/mol. The average Bonchev–Trinajstić information content (AvgIpc) is 3.22. The predicted octanol–water partition coefficient (Wildman–Crippen LogP) is 3.23. The number of anilines is 1. The number of nitrogens with zero attached hydrogens (tertiary/aromatic N) is 4. The van der Waals surface area contributed by atoms with Crippen molar-refractivity contribution in [2.45, 2.75) is 6.42 Å². The molecule has 0 aliphatic carbocycles. The molecule has 3 aromatic rings. The van der Waals surface area contributed by atoms with Gasteiger partial charge in [0.2, 0.25) is 0 Å². The molecule has 0 unspecified atom stereocenters. The number of carbonyl (C=O) groups excluding carboxylic acids is 1. The minimum atomic E-state index is -0.115. The van der Waals surface area contributed by atoms with Crippen LogP contribution in [0.2, 0.25) is 0 Å². The fourth-order valence-corrected chi connectivity index (χ4v) is 3.18. The summed E-state index contributed by atoms with van der Waals surface area (Å²) in [6.45, 7) is 0.682. The Morgan fingerprint density at radius 2 is 2.00 bits per heavy atom. The van der Waals surface area contributed by atoms with Gasteiger partial charge in [0, 0.05) is 16.7 Å². The maximum Gasteiger partial charge on any atom is 0.280 e. The lowest BCUT2D eigenvalue weighted by atomic mass is 10.2. The molecule has 0 spiro atoms. The Bertz CT molecular complexity index is 890. The standard InChI is InChI=1S/C17H13BrN4O/c18-13-5-3-6-14(10-13)22-11-15(19-20-22)17(23)21-9-8-12-4-1-2-7-16(12)21/h1-7,10-11H,8-9H2. The first-order valence-electron chi connectivity index (χ1n) is 7.30. The number of amides is 1. The molecule has 1 aliphatic heterocycles. The fourth-order valence-electron chi connectivity index (χ4n) is 2.79. The van der Waals surface area contributed by atoms with E-state index in [2.05, 4.69) is 32.3 Å². The summed E-state index contributed by atoms with van der Waals surface area (Å²) < 4.78 is 2.56. The molecule has 0 atom stereocenters. The molecule has 1 aliphatic rings. The van der Waals surface area contributed by atoms with E-state index in [1.807, 2.05) is 42.5 Å². The summed E-state index contributed by atoms with van der Waals surface area (Å²) in [6.07, 6.45) is 2.55. The molecule has 1 aromatic heterocycles. The molecule has 0 radical (unpaired) electrons. The topological polar surface area (TPSA) is 51.0 Å². The highest BCUT2D eigenvalue weighted by molar-refractivity contribution is 9.10. The van der Waals surface area contributed by atoms with Gasteiger partial charge >= 0.3 is 0 Å². The molecular formula is C17H13BrN4O. The smallest absolute Gasteiger partial charge is 0.280 e. The Morgan fingerprint density at radius 3 is 2.87 bits per heavy atom. The Kier molecular flexibility index (Phi) is 3.46. The molecule has 0 bridgehead atoms. The van der Waals surface area contributed by atoms with Gasteiger partial charge in [-0.2, -0.15) is 0 Å². The second-order valence-corrected chi connectivity index (χ2v) is 6.28. The summed E-state index contributed by atoms with van der Waals surface area (Å²) in [4.78, 5) is 14.5. The minimum Gasteiger partial charge on any atom is -0.306 e. The van der Waals surface area contributed by atoms with Gasteiger partial charge in [0.1, 0.15) is 0 Å². The molecule has 114 valence electrons. The second kappa shape index (κ2) is 5.62. The maximum atomic E-state index is 12.7. The normalized spacial score (nSPS) is 13.2. The Morgan fingerprint density at radius 1 is 1.13 bits per heavy atom. The molecular weight excluding hydrogens is 356 g/mol. The van der Waals surface area contributed by atoms with Crippen LogP contribution in [0.5, 0.6) is 0 Å². The lowest BCUT2D eigenvalue weighted by molar-refractivity contribution is 0.0984. The first-order chi connectivity index (χ1) is 11.2. The van der Waals surface area contributed by atoms with Gasteiger partial charge in [0.25, 0.3) is 5.91 Å². The first-order valence-corrected chi connectivity index (χ1v) is 8.10. The zero-order chi connectivity index (χ0) is 15.8. The average molecular weight is 369 g/mol. The number of rotatable bonds is 2. The van der Waals surface area contributed by atoms with E-state index in [4.69, 9.17) is 0 Å². The third kappa shape index (κ3) is 2.55. The number of aromatic nitrogens is 3. The maximum absolute atomic E-state index is 12.7. The Hall–Kier alpha value is -2.47. The van der Waals surface area contributed by atoms with Crippen LogP contribution < -0.4 is 4.90 Å². The SMILES string of the molecule is O=C(c1cn(-c2cccc(Br)c2)nn1)N1CCc2ccccc21. The highest BCUT2D eigenvalue weighted by atomic mass is 79.9. The summed E-state index contributed by atoms with van der Waals surface area (Å²) in [5.41, 5.74) is 3.36. The van der Waals surface area contributed by atoms with Crippen LogP contribution in [0.3, 0.4) is 0 Å². The van der Waals surface area contributed by atoms with E-state index >= 15 is 0 Å². The van der Waals surface area contributed by atoms with Crippen LogP contribution >= 0.6 is 15.9 Å². The molecule has 0 N–H and O–H groups in total. The third-order valence-corrected chi connectivity index (χ3v) is 4.41. The van der Waals surface area contributed by atoms with Crippen molar-refractivity contribution in [3.8, 4) is 5.69 Å². The molecule has 5 nitrogen and oxygen atoms in total. The number of benzene rings is 2. The zero-order valence-electron chi connectivity index (χ0n) is 12.2. The largest absolute Gasteiger partial charge is 0.306 e. The van der Waals surface area contributed by atoms with Crippen molar-refractivity contribution in [2.75, 3.05) is 11.4 Å². The van der Waals surface area contributed by atoms with E-state index in [0.29, 0.717) is 12.2 Å². The highest BCUT2D eigenvalue weighted by Gasteiger charge is 2.27. The lowest BCUT2D eigenvalue weighted by Crippen LogP contribution is -2.29. The summed E-state index contributed by atoms with van der Waals surface area (Å²) in [6, 6.07) is 15.7. The van der Waals surface area contributed by atoms with E-state index in [1.165, 1.54) is 5.56 Å². The summed E-state index contributed by atoms with van der Waals surface area (Å²) in [5.74, 6) is -0.115. The quantitative estimate of drug-likeness (QED) is 0.697. The van der Waals surface area contributed by atoms with Gasteiger partial charge < -0.3 is 4.90 Å². The van der Waals surface area contributed by atoms with E-state index in [-0.39, 0.29) is 5.91 Å². The van der Waals surface area contributed by atoms with Gasteiger partial charge in [-0.1, -0.05) is 45.4 Å². The van der Waals surface area contributed by atoms with Gasteiger partial charge in [-0.15, -0.1) is 5.10 Å². The number of halogens is 1. The summed E-state index contributed by atoms with van der Waals surface area (Å²) in [5, 5.41) is 8.12. The molecule has 1 amide bonds. The van der Waals surface area contributed by atoms with Crippen LogP contribution in [0.15, 0.2) is 59.2 Å². The second-order valence-electron chi connectivity index (χ2n) is 5.36. The van der Waals surface area contributed by atoms with Crippen LogP contribution in [0.1, 0.15) is 16.1 Å². The van der Waals surface area contributed by atoms with Gasteiger partial charge in [-0.05, 0) is 36.2 Å².